The van der Waals surface area contributed by atoms with Gasteiger partial charge in [0.15, 0.2) is 0 Å². The van der Waals surface area contributed by atoms with Crippen LogP contribution in [0.2, 0.25) is 0 Å². The van der Waals surface area contributed by atoms with E-state index in [0.29, 0.717) is 0 Å². The fourth-order valence-corrected chi connectivity index (χ4v) is 3.88. The Kier molecular flexibility index (Phi) is 4.25. The molecule has 4 N–H and O–H groups in total. The topological polar surface area (TPSA) is 55.3 Å². The number of halogens is 1. The lowest BCUT2D eigenvalue weighted by Gasteiger charge is -2.33. The third kappa shape index (κ3) is 3.10. The van der Waals surface area contributed by atoms with E-state index >= 15 is 0 Å². The van der Waals surface area contributed by atoms with Crippen LogP contribution in [0.15, 0.2) is 72.8 Å². The summed E-state index contributed by atoms with van der Waals surface area (Å²) >= 11 is 0. The van der Waals surface area contributed by atoms with Gasteiger partial charge in [-0.05, 0) is 72.5 Å². The molecule has 0 aliphatic carbocycles. The number of rotatable bonds is 3. The van der Waals surface area contributed by atoms with E-state index in [4.69, 9.17) is 11.5 Å². The van der Waals surface area contributed by atoms with Crippen molar-refractivity contribution in [1.82, 2.24) is 0 Å². The van der Waals surface area contributed by atoms with E-state index in [0.717, 1.165) is 29.9 Å². The first-order valence-electron chi connectivity index (χ1n) is 8.86. The van der Waals surface area contributed by atoms with Crippen molar-refractivity contribution in [3.63, 3.8) is 0 Å². The second-order valence-corrected chi connectivity index (χ2v) is 6.83. The molecule has 3 nitrogen and oxygen atoms in total. The van der Waals surface area contributed by atoms with Crippen molar-refractivity contribution >= 4 is 17.1 Å². The number of hydrogen-bond donors (Lipinski definition) is 2. The van der Waals surface area contributed by atoms with Gasteiger partial charge in [0.1, 0.15) is 5.82 Å². The van der Waals surface area contributed by atoms with Crippen molar-refractivity contribution < 1.29 is 4.39 Å². The Balaban J connectivity index is 1.75. The molecule has 0 spiro atoms. The average molecular weight is 347 g/mol. The molecule has 0 amide bonds. The summed E-state index contributed by atoms with van der Waals surface area (Å²) in [4.78, 5) is 2.39. The molecule has 0 aromatic heterocycles. The zero-order valence-corrected chi connectivity index (χ0v) is 14.5. The van der Waals surface area contributed by atoms with Crippen LogP contribution in [0.1, 0.15) is 36.1 Å². The molecule has 4 heteroatoms. The number of nitrogen functional groups attached to an aromatic ring is 2. The molecule has 1 aliphatic heterocycles. The van der Waals surface area contributed by atoms with Crippen LogP contribution in [0.3, 0.4) is 0 Å². The highest BCUT2D eigenvalue weighted by Gasteiger charge is 2.35. The van der Waals surface area contributed by atoms with Crippen molar-refractivity contribution in [2.45, 2.75) is 24.9 Å². The van der Waals surface area contributed by atoms with Gasteiger partial charge in [0.05, 0.1) is 12.1 Å². The first kappa shape index (κ1) is 16.5. The van der Waals surface area contributed by atoms with Crippen LogP contribution < -0.4 is 16.4 Å². The Morgan fingerprint density at radius 2 is 1.08 bits per heavy atom. The highest BCUT2D eigenvalue weighted by Crippen LogP contribution is 2.47. The van der Waals surface area contributed by atoms with E-state index < -0.39 is 0 Å². The summed E-state index contributed by atoms with van der Waals surface area (Å²) in [5, 5.41) is 0. The lowest BCUT2D eigenvalue weighted by atomic mass is 10.0. The molecule has 26 heavy (non-hydrogen) atoms. The van der Waals surface area contributed by atoms with Crippen LogP contribution in [0.5, 0.6) is 0 Å². The van der Waals surface area contributed by atoms with Crippen LogP contribution in [0, 0.1) is 5.82 Å². The zero-order valence-electron chi connectivity index (χ0n) is 14.5. The minimum atomic E-state index is -0.221. The molecule has 132 valence electrons. The minimum absolute atomic E-state index is 0.221. The molecule has 0 radical (unpaired) electrons. The minimum Gasteiger partial charge on any atom is -0.399 e. The number of nitrogens with two attached hydrogens (primary N) is 2. The van der Waals surface area contributed by atoms with E-state index in [1.54, 1.807) is 0 Å². The summed E-state index contributed by atoms with van der Waals surface area (Å²) in [5.74, 6) is -0.221. The Morgan fingerprint density at radius 1 is 0.654 bits per heavy atom. The molecular formula is C22H22FN3. The Morgan fingerprint density at radius 3 is 1.50 bits per heavy atom. The molecule has 1 aliphatic rings. The van der Waals surface area contributed by atoms with Crippen LogP contribution in [0.25, 0.3) is 0 Å². The maximum absolute atomic E-state index is 13.5. The maximum Gasteiger partial charge on any atom is 0.123 e. The first-order valence-corrected chi connectivity index (χ1v) is 8.86. The van der Waals surface area contributed by atoms with Gasteiger partial charge in [-0.3, -0.25) is 0 Å². The fourth-order valence-electron chi connectivity index (χ4n) is 3.88. The van der Waals surface area contributed by atoms with Gasteiger partial charge in [0.25, 0.3) is 0 Å². The normalized spacial score (nSPS) is 19.7. The Bertz CT molecular complexity index is 819. The molecule has 3 aromatic rings. The molecule has 4 rings (SSSR count). The quantitative estimate of drug-likeness (QED) is 0.650. The monoisotopic (exact) mass is 347 g/mol. The van der Waals surface area contributed by atoms with Gasteiger partial charge in [-0.1, -0.05) is 24.3 Å². The van der Waals surface area contributed by atoms with E-state index in [2.05, 4.69) is 29.2 Å². The van der Waals surface area contributed by atoms with Crippen LogP contribution >= 0.6 is 0 Å². The standard InChI is InChI=1S/C22H22FN3/c23-17-5-11-20(12-6-17)26-21(15-1-7-18(24)8-2-15)13-14-22(26)16-3-9-19(25)10-4-16/h1-12,21-22H,13-14,24-25H2/t21-,22-/m0/s1. The average Bonchev–Trinajstić information content (AvgIpc) is 3.08. The lowest BCUT2D eigenvalue weighted by Crippen LogP contribution is -2.26. The molecule has 1 heterocycles. The molecule has 0 saturated carbocycles. The van der Waals surface area contributed by atoms with E-state index in [-0.39, 0.29) is 17.9 Å². The van der Waals surface area contributed by atoms with Crippen molar-refractivity contribution in [3.05, 3.63) is 89.7 Å². The summed E-state index contributed by atoms with van der Waals surface area (Å²) in [7, 11) is 0. The maximum atomic E-state index is 13.5. The van der Waals surface area contributed by atoms with Gasteiger partial charge in [0, 0.05) is 17.1 Å². The van der Waals surface area contributed by atoms with Gasteiger partial charge in [0.2, 0.25) is 0 Å². The summed E-state index contributed by atoms with van der Waals surface area (Å²) in [6.45, 7) is 0. The molecule has 2 atom stereocenters. The molecular weight excluding hydrogens is 325 g/mol. The van der Waals surface area contributed by atoms with Crippen molar-refractivity contribution in [3.8, 4) is 0 Å². The number of benzene rings is 3. The molecule has 0 unspecified atom stereocenters. The van der Waals surface area contributed by atoms with Gasteiger partial charge in [-0.25, -0.2) is 4.39 Å². The highest BCUT2D eigenvalue weighted by atomic mass is 19.1. The Labute approximate surface area is 153 Å². The largest absolute Gasteiger partial charge is 0.399 e. The Hall–Kier alpha value is -3.01. The summed E-state index contributed by atoms with van der Waals surface area (Å²) < 4.78 is 13.5. The van der Waals surface area contributed by atoms with E-state index in [1.807, 2.05) is 36.4 Å². The van der Waals surface area contributed by atoms with Crippen molar-refractivity contribution in [2.24, 2.45) is 0 Å². The van der Waals surface area contributed by atoms with Gasteiger partial charge in [-0.2, -0.15) is 0 Å². The third-order valence-electron chi connectivity index (χ3n) is 5.15. The highest BCUT2D eigenvalue weighted by molar-refractivity contribution is 5.55. The lowest BCUT2D eigenvalue weighted by molar-refractivity contribution is 0.625. The predicted octanol–water partition coefficient (Wildman–Crippen LogP) is 5.07. The number of nitrogens with zero attached hydrogens (tertiary/aromatic N) is 1. The van der Waals surface area contributed by atoms with E-state index in [1.165, 1.54) is 23.3 Å². The molecule has 0 bridgehead atoms. The molecule has 3 aromatic carbocycles. The summed E-state index contributed by atoms with van der Waals surface area (Å²) in [6.07, 6.45) is 2.05. The number of hydrogen-bond acceptors (Lipinski definition) is 3. The van der Waals surface area contributed by atoms with Crippen LogP contribution in [0.4, 0.5) is 21.5 Å². The van der Waals surface area contributed by atoms with Gasteiger partial charge < -0.3 is 16.4 Å². The van der Waals surface area contributed by atoms with Crippen LogP contribution in [-0.2, 0) is 0 Å². The van der Waals surface area contributed by atoms with E-state index in [9.17, 15) is 4.39 Å². The second-order valence-electron chi connectivity index (χ2n) is 6.83. The summed E-state index contributed by atoms with van der Waals surface area (Å²) in [5.41, 5.74) is 16.7. The fraction of sp³-hybridized carbons (Fsp3) is 0.182. The predicted molar refractivity (Wildman–Crippen MR) is 105 cm³/mol. The van der Waals surface area contributed by atoms with Crippen molar-refractivity contribution in [1.29, 1.82) is 0 Å². The smallest absolute Gasteiger partial charge is 0.123 e. The third-order valence-corrected chi connectivity index (χ3v) is 5.15. The van der Waals surface area contributed by atoms with Crippen molar-refractivity contribution in [2.75, 3.05) is 16.4 Å². The number of anilines is 3. The SMILES string of the molecule is Nc1ccc([C@@H]2CC[C@@H](c3ccc(N)cc3)N2c2ccc(F)cc2)cc1. The van der Waals surface area contributed by atoms with Crippen LogP contribution in [-0.4, -0.2) is 0 Å². The zero-order chi connectivity index (χ0) is 18.1. The molecule has 1 fully saturated rings. The molecule has 1 saturated heterocycles. The first-order chi connectivity index (χ1) is 12.6. The van der Waals surface area contributed by atoms with Gasteiger partial charge in [-0.15, -0.1) is 0 Å². The second kappa shape index (κ2) is 6.71. The summed E-state index contributed by atoms with van der Waals surface area (Å²) in [6, 6.07) is 23.3. The van der Waals surface area contributed by atoms with Gasteiger partial charge >= 0.3 is 0 Å².